The van der Waals surface area contributed by atoms with Crippen molar-refractivity contribution in [2.24, 2.45) is 0 Å². The number of hydrogen-bond donors (Lipinski definition) is 1. The minimum atomic E-state index is -0.966. The highest BCUT2D eigenvalue weighted by molar-refractivity contribution is 5.92. The van der Waals surface area contributed by atoms with Crippen LogP contribution in [0, 0.1) is 0 Å². The monoisotopic (exact) mass is 490 g/mol. The number of ether oxygens (including phenoxy) is 1. The van der Waals surface area contributed by atoms with E-state index in [1.807, 2.05) is 67.9 Å². The maximum Gasteiger partial charge on any atom is 0.412 e. The van der Waals surface area contributed by atoms with Crippen molar-refractivity contribution in [1.82, 2.24) is 19.7 Å². The molecule has 1 aliphatic heterocycles. The van der Waals surface area contributed by atoms with Crippen molar-refractivity contribution < 1.29 is 19.2 Å². The van der Waals surface area contributed by atoms with Gasteiger partial charge in [-0.2, -0.15) is 4.98 Å². The summed E-state index contributed by atoms with van der Waals surface area (Å²) < 4.78 is 13.5. The summed E-state index contributed by atoms with van der Waals surface area (Å²) in [6.45, 7) is 7.32. The van der Waals surface area contributed by atoms with Crippen LogP contribution in [0.4, 0.5) is 16.5 Å². The molecule has 5 rings (SSSR count). The van der Waals surface area contributed by atoms with Gasteiger partial charge in [0.15, 0.2) is 5.82 Å². The molecule has 1 amide bonds. The number of rotatable bonds is 7. The minimum Gasteiger partial charge on any atom is -0.489 e. The molecule has 0 aliphatic carbocycles. The molecule has 0 saturated carbocycles. The highest BCUT2D eigenvalue weighted by Crippen LogP contribution is 2.27. The van der Waals surface area contributed by atoms with Crippen molar-refractivity contribution in [3.8, 4) is 11.6 Å². The Kier molecular flexibility index (Phi) is 6.49. The van der Waals surface area contributed by atoms with Gasteiger partial charge in [0.2, 0.25) is 0 Å². The highest BCUT2D eigenvalue weighted by Gasteiger charge is 2.24. The smallest absolute Gasteiger partial charge is 0.412 e. The van der Waals surface area contributed by atoms with Crippen LogP contribution >= 0.6 is 0 Å². The number of pyridine rings is 1. The van der Waals surface area contributed by atoms with Crippen LogP contribution < -0.4 is 14.5 Å². The lowest BCUT2D eigenvalue weighted by atomic mass is 10.1. The molecular weight excluding hydrogens is 460 g/mol. The fourth-order valence-electron chi connectivity index (χ4n) is 4.57. The number of anilines is 2. The van der Waals surface area contributed by atoms with Gasteiger partial charge in [0, 0.05) is 55.7 Å². The van der Waals surface area contributed by atoms with Gasteiger partial charge in [0.25, 0.3) is 0 Å². The first-order valence-electron chi connectivity index (χ1n) is 12.3. The first-order valence-corrected chi connectivity index (χ1v) is 12.3. The fourth-order valence-corrected chi connectivity index (χ4v) is 4.57. The van der Waals surface area contributed by atoms with Gasteiger partial charge >= 0.3 is 12.1 Å². The third-order valence-electron chi connectivity index (χ3n) is 6.43. The van der Waals surface area contributed by atoms with Gasteiger partial charge in [-0.25, -0.2) is 9.78 Å². The van der Waals surface area contributed by atoms with Crippen LogP contribution in [-0.4, -0.2) is 56.1 Å². The standard InChI is InChI=1S/C26H30N6O4/c1-4-23-28-25(36-29-23)30-12-10-20(11-13-30)35-21-6-8-24(27-16-21)31-14-9-18-15-19(5-7-22(18)31)32(17(2)3)26(33)34/h5-9,14-17,20H,4,10-13H2,1-3H3,(H,33,34). The zero-order valence-electron chi connectivity index (χ0n) is 20.7. The molecule has 4 heterocycles. The van der Waals surface area contributed by atoms with E-state index in [4.69, 9.17) is 9.26 Å². The van der Waals surface area contributed by atoms with Crippen LogP contribution in [0.25, 0.3) is 16.7 Å². The summed E-state index contributed by atoms with van der Waals surface area (Å²) in [4.78, 5) is 24.1. The van der Waals surface area contributed by atoms with E-state index in [9.17, 15) is 9.90 Å². The van der Waals surface area contributed by atoms with Crippen LogP contribution in [0.3, 0.4) is 0 Å². The average molecular weight is 491 g/mol. The Morgan fingerprint density at radius 1 is 1.22 bits per heavy atom. The average Bonchev–Trinajstić information content (AvgIpc) is 3.52. The summed E-state index contributed by atoms with van der Waals surface area (Å²) in [6, 6.07) is 11.9. The second-order valence-electron chi connectivity index (χ2n) is 9.18. The molecule has 10 nitrogen and oxygen atoms in total. The second kappa shape index (κ2) is 9.88. The number of fused-ring (bicyclic) bond motifs is 1. The lowest BCUT2D eigenvalue weighted by Crippen LogP contribution is -2.38. The predicted molar refractivity (Wildman–Crippen MR) is 136 cm³/mol. The fraction of sp³-hybridized carbons (Fsp3) is 0.385. The van der Waals surface area contributed by atoms with Crippen molar-refractivity contribution in [2.75, 3.05) is 22.9 Å². The van der Waals surface area contributed by atoms with Crippen molar-refractivity contribution in [2.45, 2.75) is 52.2 Å². The largest absolute Gasteiger partial charge is 0.489 e. The van der Waals surface area contributed by atoms with Crippen LogP contribution in [0.15, 0.2) is 53.3 Å². The Hall–Kier alpha value is -4.08. The summed E-state index contributed by atoms with van der Waals surface area (Å²) in [5.74, 6) is 2.22. The molecule has 0 bridgehead atoms. The number of benzene rings is 1. The summed E-state index contributed by atoms with van der Waals surface area (Å²) >= 11 is 0. The van der Waals surface area contributed by atoms with Gasteiger partial charge in [-0.3, -0.25) is 4.90 Å². The minimum absolute atomic E-state index is 0.103. The van der Waals surface area contributed by atoms with E-state index in [0.29, 0.717) is 11.7 Å². The molecular formula is C26H30N6O4. The molecule has 188 valence electrons. The normalized spacial score (nSPS) is 14.5. The lowest BCUT2D eigenvalue weighted by molar-refractivity contribution is 0.168. The zero-order valence-corrected chi connectivity index (χ0v) is 20.7. The Labute approximate surface area is 209 Å². The van der Waals surface area contributed by atoms with E-state index in [-0.39, 0.29) is 12.1 Å². The van der Waals surface area contributed by atoms with E-state index >= 15 is 0 Å². The van der Waals surface area contributed by atoms with Crippen molar-refractivity contribution in [1.29, 1.82) is 0 Å². The molecule has 0 radical (unpaired) electrons. The molecule has 36 heavy (non-hydrogen) atoms. The maximum atomic E-state index is 11.7. The van der Waals surface area contributed by atoms with E-state index in [0.717, 1.165) is 60.6 Å². The molecule has 10 heteroatoms. The van der Waals surface area contributed by atoms with Crippen molar-refractivity contribution in [3.05, 3.63) is 54.6 Å². The molecule has 1 N–H and O–H groups in total. The number of piperidine rings is 1. The van der Waals surface area contributed by atoms with Crippen LogP contribution in [0.1, 0.15) is 39.4 Å². The van der Waals surface area contributed by atoms with Gasteiger partial charge in [0.05, 0.1) is 11.7 Å². The van der Waals surface area contributed by atoms with Gasteiger partial charge in [-0.1, -0.05) is 12.1 Å². The van der Waals surface area contributed by atoms with Gasteiger partial charge in [-0.15, -0.1) is 0 Å². The Balaban J connectivity index is 1.24. The molecule has 3 aromatic heterocycles. The Bertz CT molecular complexity index is 1340. The van der Waals surface area contributed by atoms with Crippen molar-refractivity contribution in [3.63, 3.8) is 0 Å². The van der Waals surface area contributed by atoms with E-state index in [1.54, 1.807) is 6.20 Å². The molecule has 0 unspecified atom stereocenters. The molecule has 1 fully saturated rings. The van der Waals surface area contributed by atoms with Crippen molar-refractivity contribution >= 4 is 28.7 Å². The van der Waals surface area contributed by atoms with E-state index in [1.165, 1.54) is 4.90 Å². The molecule has 1 aliphatic rings. The van der Waals surface area contributed by atoms with Gasteiger partial charge in [0.1, 0.15) is 17.7 Å². The quantitative estimate of drug-likeness (QED) is 0.389. The van der Waals surface area contributed by atoms with Crippen LogP contribution in [0.2, 0.25) is 0 Å². The first kappa shape index (κ1) is 23.7. The molecule has 4 aromatic rings. The third kappa shape index (κ3) is 4.71. The Morgan fingerprint density at radius 3 is 2.67 bits per heavy atom. The number of aryl methyl sites for hydroxylation is 1. The van der Waals surface area contributed by atoms with Crippen LogP contribution in [-0.2, 0) is 6.42 Å². The van der Waals surface area contributed by atoms with Gasteiger partial charge < -0.3 is 23.8 Å². The maximum absolute atomic E-state index is 11.7. The van der Waals surface area contributed by atoms with Gasteiger partial charge in [-0.05, 0) is 50.2 Å². The molecule has 1 aromatic carbocycles. The predicted octanol–water partition coefficient (Wildman–Crippen LogP) is 4.91. The number of carbonyl (C=O) groups is 1. The number of amides is 1. The summed E-state index contributed by atoms with van der Waals surface area (Å²) in [5.41, 5.74) is 1.60. The summed E-state index contributed by atoms with van der Waals surface area (Å²) in [5, 5.41) is 14.5. The topological polar surface area (TPSA) is 110 Å². The Morgan fingerprint density at radius 2 is 2.03 bits per heavy atom. The first-order chi connectivity index (χ1) is 17.4. The highest BCUT2D eigenvalue weighted by atomic mass is 16.5. The summed E-state index contributed by atoms with van der Waals surface area (Å²) in [7, 11) is 0. The number of carboxylic acid groups (broad SMARTS) is 1. The SMILES string of the molecule is CCc1noc(N2CCC(Oc3ccc(-n4ccc5cc(N(C(=O)O)C(C)C)ccc54)nc3)CC2)n1. The second-order valence-corrected chi connectivity index (χ2v) is 9.18. The number of nitrogens with zero attached hydrogens (tertiary/aromatic N) is 6. The lowest BCUT2D eigenvalue weighted by Gasteiger charge is -2.30. The number of hydrogen-bond acceptors (Lipinski definition) is 7. The third-order valence-corrected chi connectivity index (χ3v) is 6.43. The van der Waals surface area contributed by atoms with Crippen LogP contribution in [0.5, 0.6) is 5.75 Å². The zero-order chi connectivity index (χ0) is 25.2. The van der Waals surface area contributed by atoms with E-state index in [2.05, 4.69) is 20.0 Å². The molecule has 1 saturated heterocycles. The van der Waals surface area contributed by atoms with E-state index < -0.39 is 6.09 Å². The summed E-state index contributed by atoms with van der Waals surface area (Å²) in [6.07, 6.45) is 5.30. The number of aromatic nitrogens is 4. The molecule has 0 atom stereocenters. The molecule has 0 spiro atoms.